The molecule has 0 bridgehead atoms. The molecule has 0 atom stereocenters. The molecule has 0 unspecified atom stereocenters. The number of pyridine rings is 1. The van der Waals surface area contributed by atoms with E-state index in [0.717, 1.165) is 14.0 Å². The van der Waals surface area contributed by atoms with Crippen molar-refractivity contribution in [1.82, 2.24) is 4.98 Å². The first-order chi connectivity index (χ1) is 18.0. The highest BCUT2D eigenvalue weighted by molar-refractivity contribution is 7.91. The Morgan fingerprint density at radius 1 is 1.02 bits per heavy atom. The zero-order valence-corrected chi connectivity index (χ0v) is 23.0. The standard InChI is InChI=1S/C22H22F8N2O6S2/c1-6-40(35,36)14-7-11(21(25,26)27)9-31-16(14)32(18(34)38-19(2,3)4)10-13-12(17(33)37-5)8-15(39-13)20(23,24)22(28,29)30/h7-9H,6,10H2,1-5H3. The van der Waals surface area contributed by atoms with Crippen LogP contribution >= 0.6 is 11.3 Å². The maximum absolute atomic E-state index is 14.1. The molecule has 0 radical (unpaired) electrons. The minimum absolute atomic E-state index is 0.191. The molecule has 224 valence electrons. The smallest absolute Gasteiger partial charge is 0.458 e. The van der Waals surface area contributed by atoms with E-state index >= 15 is 0 Å². The maximum atomic E-state index is 14.1. The molecule has 0 fully saturated rings. The molecular weight excluding hydrogens is 604 g/mol. The molecule has 18 heteroatoms. The monoisotopic (exact) mass is 626 g/mol. The first kappa shape index (κ1) is 33.2. The lowest BCUT2D eigenvalue weighted by molar-refractivity contribution is -0.287. The zero-order valence-electron chi connectivity index (χ0n) is 21.3. The van der Waals surface area contributed by atoms with Gasteiger partial charge in [-0.1, -0.05) is 6.92 Å². The minimum atomic E-state index is -6.08. The number of rotatable bonds is 7. The van der Waals surface area contributed by atoms with Crippen LogP contribution in [0, 0.1) is 0 Å². The Hall–Kier alpha value is -3.02. The number of anilines is 1. The Balaban J connectivity index is 2.87. The van der Waals surface area contributed by atoms with Crippen molar-refractivity contribution in [2.75, 3.05) is 17.8 Å². The Kier molecular flexibility index (Phi) is 9.21. The van der Waals surface area contributed by atoms with E-state index in [4.69, 9.17) is 4.74 Å². The lowest BCUT2D eigenvalue weighted by Crippen LogP contribution is -2.38. The van der Waals surface area contributed by atoms with Crippen LogP contribution in [0.1, 0.15) is 53.4 Å². The van der Waals surface area contributed by atoms with E-state index in [9.17, 15) is 53.1 Å². The number of alkyl halides is 8. The van der Waals surface area contributed by atoms with Crippen LogP contribution in [0.3, 0.4) is 0 Å². The first-order valence-corrected chi connectivity index (χ1v) is 13.4. The average Bonchev–Trinajstić information content (AvgIpc) is 3.24. The number of methoxy groups -OCH3 is 1. The number of halogens is 8. The fraction of sp³-hybridized carbons (Fsp3) is 0.500. The quantitative estimate of drug-likeness (QED) is 0.261. The molecular formula is C22H22F8N2O6S2. The van der Waals surface area contributed by atoms with Gasteiger partial charge in [0.1, 0.15) is 10.5 Å². The van der Waals surface area contributed by atoms with Gasteiger partial charge in [-0.25, -0.2) is 23.0 Å². The molecule has 2 aromatic rings. The van der Waals surface area contributed by atoms with E-state index in [-0.39, 0.29) is 29.7 Å². The second kappa shape index (κ2) is 11.1. The van der Waals surface area contributed by atoms with Crippen LogP contribution in [0.15, 0.2) is 23.2 Å². The third-order valence-electron chi connectivity index (χ3n) is 4.93. The third kappa shape index (κ3) is 7.18. The van der Waals surface area contributed by atoms with Crippen molar-refractivity contribution in [1.29, 1.82) is 0 Å². The number of aromatic nitrogens is 1. The number of nitrogens with zero attached hydrogens (tertiary/aromatic N) is 2. The van der Waals surface area contributed by atoms with E-state index in [0.29, 0.717) is 4.90 Å². The van der Waals surface area contributed by atoms with Crippen LogP contribution in [0.25, 0.3) is 0 Å². The highest BCUT2D eigenvalue weighted by Crippen LogP contribution is 2.47. The van der Waals surface area contributed by atoms with Crippen molar-refractivity contribution in [2.45, 2.75) is 63.0 Å². The molecule has 0 spiro atoms. The molecule has 0 saturated heterocycles. The molecule has 40 heavy (non-hydrogen) atoms. The molecule has 0 aliphatic carbocycles. The largest absolute Gasteiger partial charge is 0.465 e. The second-order valence-corrected chi connectivity index (χ2v) is 12.4. The van der Waals surface area contributed by atoms with Gasteiger partial charge in [-0.2, -0.15) is 35.1 Å². The predicted molar refractivity (Wildman–Crippen MR) is 125 cm³/mol. The normalized spacial score (nSPS) is 13.2. The maximum Gasteiger partial charge on any atom is 0.458 e. The molecule has 1 amide bonds. The SMILES string of the molecule is CCS(=O)(=O)c1cc(C(F)(F)F)cnc1N(Cc1sc(C(F)(F)C(F)(F)F)cc1C(=O)OC)C(=O)OC(C)(C)C. The number of ether oxygens (including phenoxy) is 2. The summed E-state index contributed by atoms with van der Waals surface area (Å²) in [6.45, 7) is 4.06. The van der Waals surface area contributed by atoms with E-state index in [2.05, 4.69) is 9.72 Å². The van der Waals surface area contributed by atoms with Gasteiger partial charge in [-0.15, -0.1) is 11.3 Å². The summed E-state index contributed by atoms with van der Waals surface area (Å²) in [5, 5.41) is 0. The van der Waals surface area contributed by atoms with Gasteiger partial charge in [0.05, 0.1) is 35.4 Å². The Morgan fingerprint density at radius 2 is 1.60 bits per heavy atom. The van der Waals surface area contributed by atoms with Crippen LogP contribution in [0.4, 0.5) is 45.7 Å². The average molecular weight is 627 g/mol. The van der Waals surface area contributed by atoms with Crippen molar-refractivity contribution >= 4 is 39.1 Å². The Bertz CT molecular complexity index is 1380. The Labute approximate surface area is 226 Å². The number of hydrogen-bond donors (Lipinski definition) is 0. The molecule has 0 aromatic carbocycles. The van der Waals surface area contributed by atoms with Gasteiger partial charge in [0.25, 0.3) is 0 Å². The fourth-order valence-corrected chi connectivity index (χ4v) is 5.18. The van der Waals surface area contributed by atoms with E-state index < -0.39 is 89.7 Å². The van der Waals surface area contributed by atoms with Crippen LogP contribution in [-0.2, 0) is 38.0 Å². The van der Waals surface area contributed by atoms with E-state index in [1.54, 1.807) is 0 Å². The van der Waals surface area contributed by atoms with Crippen LogP contribution in [-0.4, -0.2) is 50.1 Å². The van der Waals surface area contributed by atoms with E-state index in [1.165, 1.54) is 20.8 Å². The number of sulfone groups is 1. The summed E-state index contributed by atoms with van der Waals surface area (Å²) >= 11 is -0.256. The summed E-state index contributed by atoms with van der Waals surface area (Å²) in [4.78, 5) is 25.8. The molecule has 8 nitrogen and oxygen atoms in total. The van der Waals surface area contributed by atoms with Gasteiger partial charge in [-0.05, 0) is 32.9 Å². The number of thiophene rings is 1. The van der Waals surface area contributed by atoms with Gasteiger partial charge < -0.3 is 9.47 Å². The van der Waals surface area contributed by atoms with Crippen molar-refractivity contribution in [3.05, 3.63) is 39.2 Å². The van der Waals surface area contributed by atoms with Gasteiger partial charge in [0.2, 0.25) is 0 Å². The van der Waals surface area contributed by atoms with Crippen molar-refractivity contribution in [2.24, 2.45) is 0 Å². The van der Waals surface area contributed by atoms with Gasteiger partial charge >= 0.3 is 30.3 Å². The first-order valence-electron chi connectivity index (χ1n) is 10.9. The van der Waals surface area contributed by atoms with Crippen molar-refractivity contribution in [3.63, 3.8) is 0 Å². The summed E-state index contributed by atoms with van der Waals surface area (Å²) in [5.74, 6) is -8.54. The number of carbonyl (C=O) groups excluding carboxylic acids is 2. The summed E-state index contributed by atoms with van der Waals surface area (Å²) in [7, 11) is -3.77. The molecule has 2 aromatic heterocycles. The van der Waals surface area contributed by atoms with Gasteiger partial charge in [0.15, 0.2) is 15.7 Å². The lowest BCUT2D eigenvalue weighted by Gasteiger charge is -2.28. The zero-order chi connectivity index (χ0) is 31.1. The van der Waals surface area contributed by atoms with Crippen LogP contribution < -0.4 is 4.90 Å². The summed E-state index contributed by atoms with van der Waals surface area (Å²) in [5.41, 5.74) is -3.65. The fourth-order valence-electron chi connectivity index (χ4n) is 2.99. The molecule has 0 aliphatic rings. The number of hydrogen-bond acceptors (Lipinski definition) is 8. The predicted octanol–water partition coefficient (Wildman–Crippen LogP) is 6.34. The number of esters is 1. The molecule has 0 aliphatic heterocycles. The molecule has 0 N–H and O–H groups in total. The minimum Gasteiger partial charge on any atom is -0.465 e. The van der Waals surface area contributed by atoms with Gasteiger partial charge in [-0.3, -0.25) is 4.90 Å². The van der Waals surface area contributed by atoms with Crippen molar-refractivity contribution in [3.8, 4) is 0 Å². The summed E-state index contributed by atoms with van der Waals surface area (Å²) in [6.07, 6.45) is -12.4. The summed E-state index contributed by atoms with van der Waals surface area (Å²) < 4.78 is 143. The van der Waals surface area contributed by atoms with E-state index in [1.807, 2.05) is 0 Å². The highest BCUT2D eigenvalue weighted by Gasteiger charge is 2.60. The molecule has 2 rings (SSSR count). The number of carbonyl (C=O) groups is 2. The van der Waals surface area contributed by atoms with Crippen LogP contribution in [0.5, 0.6) is 0 Å². The third-order valence-corrected chi connectivity index (χ3v) is 7.85. The molecule has 2 heterocycles. The Morgan fingerprint density at radius 3 is 2.05 bits per heavy atom. The second-order valence-electron chi connectivity index (χ2n) is 9.02. The van der Waals surface area contributed by atoms with Crippen LogP contribution in [0.2, 0.25) is 0 Å². The summed E-state index contributed by atoms with van der Waals surface area (Å²) in [6, 6.07) is 0.383. The number of amides is 1. The van der Waals surface area contributed by atoms with Gasteiger partial charge in [0, 0.05) is 11.1 Å². The lowest BCUT2D eigenvalue weighted by atomic mass is 10.2. The molecule has 0 saturated carbocycles. The topological polar surface area (TPSA) is 103 Å². The van der Waals surface area contributed by atoms with Crippen molar-refractivity contribution < 1.29 is 62.6 Å². The highest BCUT2D eigenvalue weighted by atomic mass is 32.2.